The Labute approximate surface area is 144 Å². The molecule has 0 aliphatic carbocycles. The summed E-state index contributed by atoms with van der Waals surface area (Å²) in [5, 5.41) is 19.6. The Morgan fingerprint density at radius 1 is 1.38 bits per heavy atom. The van der Waals surface area contributed by atoms with Crippen LogP contribution >= 0.6 is 0 Å². The summed E-state index contributed by atoms with van der Waals surface area (Å²) in [5.74, 6) is 0. The summed E-state index contributed by atoms with van der Waals surface area (Å²) in [4.78, 5) is 26.3. The maximum atomic E-state index is 12.4. The van der Waals surface area contributed by atoms with E-state index in [0.717, 1.165) is 4.46 Å². The Morgan fingerprint density at radius 3 is 2.71 bits per heavy atom. The number of H-pyrrole nitrogens is 1. The topological polar surface area (TPSA) is 105 Å². The van der Waals surface area contributed by atoms with Gasteiger partial charge in [0.1, 0.15) is 0 Å². The molecule has 24 heavy (non-hydrogen) atoms. The molecular weight excluding hydrogens is 379 g/mol. The molecule has 8 heteroatoms. The van der Waals surface area contributed by atoms with Crippen LogP contribution in [0, 0.1) is 6.92 Å². The van der Waals surface area contributed by atoms with Gasteiger partial charge in [0.25, 0.3) is 0 Å². The number of hydrogen-bond acceptors (Lipinski definition) is 5. The molecule has 7 nitrogen and oxygen atoms in total. The first kappa shape index (κ1) is 17.1. The Kier molecular flexibility index (Phi) is 4.76. The number of rotatable bonds is 4. The van der Waals surface area contributed by atoms with Crippen LogP contribution in [0.15, 0.2) is 46.1 Å². The van der Waals surface area contributed by atoms with E-state index in [1.54, 1.807) is 6.92 Å². The Bertz CT molecular complexity index is 834. The summed E-state index contributed by atoms with van der Waals surface area (Å²) in [6, 6.07) is 9.52. The van der Waals surface area contributed by atoms with Gasteiger partial charge in [-0.15, -0.1) is 0 Å². The van der Waals surface area contributed by atoms with Crippen molar-refractivity contribution in [1.29, 1.82) is 0 Å². The molecule has 1 aromatic heterocycles. The van der Waals surface area contributed by atoms with Gasteiger partial charge in [-0.3, -0.25) is 0 Å². The summed E-state index contributed by atoms with van der Waals surface area (Å²) < 4.78 is 7.16. The van der Waals surface area contributed by atoms with Crippen molar-refractivity contribution in [3.63, 3.8) is 0 Å². The molecule has 0 bridgehead atoms. The van der Waals surface area contributed by atoms with Gasteiger partial charge in [0.05, 0.1) is 0 Å². The molecule has 1 saturated heterocycles. The van der Waals surface area contributed by atoms with Crippen LogP contribution in [0.25, 0.3) is 0 Å². The molecule has 2 aromatic rings. The quantitative estimate of drug-likeness (QED) is 0.553. The maximum absolute atomic E-state index is 12.4. The van der Waals surface area contributed by atoms with Gasteiger partial charge in [-0.25, -0.2) is 0 Å². The summed E-state index contributed by atoms with van der Waals surface area (Å²) in [6.45, 7) is 1.26. The average molecular weight is 397 g/mol. The van der Waals surface area contributed by atoms with E-state index in [1.807, 2.05) is 30.3 Å². The van der Waals surface area contributed by atoms with Crippen LogP contribution in [-0.2, 0) is 9.36 Å². The van der Waals surface area contributed by atoms with Crippen molar-refractivity contribution in [3.05, 3.63) is 62.9 Å². The van der Waals surface area contributed by atoms with E-state index >= 15 is 0 Å². The van der Waals surface area contributed by atoms with Gasteiger partial charge in [0.2, 0.25) is 0 Å². The van der Waals surface area contributed by atoms with Crippen LogP contribution < -0.4 is 15.7 Å². The zero-order valence-electron chi connectivity index (χ0n) is 13.0. The molecule has 0 saturated carbocycles. The number of aryl methyl sites for hydroxylation is 1. The predicted molar refractivity (Wildman–Crippen MR) is 88.4 cm³/mol. The first-order valence-corrected chi connectivity index (χ1v) is 9.20. The minimum absolute atomic E-state index is 0.165. The van der Waals surface area contributed by atoms with Gasteiger partial charge >= 0.3 is 144 Å². The molecule has 0 radical (unpaired) electrons. The van der Waals surface area contributed by atoms with Gasteiger partial charge in [-0.05, 0) is 0 Å². The van der Waals surface area contributed by atoms with Crippen molar-refractivity contribution in [2.45, 2.75) is 30.2 Å². The molecule has 3 rings (SSSR count). The first-order chi connectivity index (χ1) is 11.4. The van der Waals surface area contributed by atoms with E-state index in [0.29, 0.717) is 5.56 Å². The van der Waals surface area contributed by atoms with E-state index < -0.39 is 28.1 Å². The van der Waals surface area contributed by atoms with E-state index in [4.69, 9.17) is 4.74 Å². The van der Waals surface area contributed by atoms with E-state index in [1.165, 1.54) is 10.8 Å². The number of nitrogens with one attached hydrogen (secondary N) is 1. The van der Waals surface area contributed by atoms with Gasteiger partial charge in [0, 0.05) is 0 Å². The average Bonchev–Trinajstić information content (AvgIpc) is 2.88. The SMILES string of the molecule is Cc1cn([C@@]2([Se]c3ccccc3)C[C@H](O)[C@@H](CO)O2)c(=O)[nH]c1=O. The third-order valence-corrected chi connectivity index (χ3v) is 6.62. The molecule has 1 aliphatic rings. The van der Waals surface area contributed by atoms with Crippen LogP contribution in [0.2, 0.25) is 0 Å². The van der Waals surface area contributed by atoms with E-state index in [2.05, 4.69) is 4.98 Å². The Balaban J connectivity index is 2.11. The standard InChI is InChI=1S/C16H18N2O5Se/c1-10-8-18(15(22)17-14(10)21)16(7-12(20)13(9-19)23-16)24-11-5-3-2-4-6-11/h2-6,8,12-13,19-20H,7,9H2,1H3,(H,17,21,22)/t12-,13+,16-/m0/s1. The fourth-order valence-electron chi connectivity index (χ4n) is 2.68. The molecule has 0 spiro atoms. The number of aromatic amines is 1. The predicted octanol–water partition coefficient (Wildman–Crippen LogP) is -1.37. The summed E-state index contributed by atoms with van der Waals surface area (Å²) in [7, 11) is 0. The van der Waals surface area contributed by atoms with Crippen LogP contribution in [0.1, 0.15) is 12.0 Å². The van der Waals surface area contributed by atoms with E-state index in [9.17, 15) is 19.8 Å². The number of aliphatic hydroxyl groups excluding tert-OH is 2. The summed E-state index contributed by atoms with van der Waals surface area (Å²) in [6.07, 6.45) is -0.0361. The molecular formula is C16H18N2O5Se. The van der Waals surface area contributed by atoms with Crippen molar-refractivity contribution >= 4 is 19.4 Å². The van der Waals surface area contributed by atoms with Crippen LogP contribution in [0.3, 0.4) is 0 Å². The Morgan fingerprint density at radius 2 is 2.08 bits per heavy atom. The van der Waals surface area contributed by atoms with Crippen molar-refractivity contribution in [2.24, 2.45) is 0 Å². The third kappa shape index (κ3) is 3.11. The molecule has 1 fully saturated rings. The molecule has 3 atom stereocenters. The zero-order valence-corrected chi connectivity index (χ0v) is 14.7. The van der Waals surface area contributed by atoms with Gasteiger partial charge in [-0.2, -0.15) is 0 Å². The second-order valence-electron chi connectivity index (χ2n) is 5.68. The second kappa shape index (κ2) is 6.66. The van der Waals surface area contributed by atoms with Crippen molar-refractivity contribution < 1.29 is 14.9 Å². The molecule has 3 N–H and O–H groups in total. The number of benzene rings is 1. The monoisotopic (exact) mass is 398 g/mol. The van der Waals surface area contributed by atoms with E-state index in [-0.39, 0.29) is 28.0 Å². The first-order valence-electron chi connectivity index (χ1n) is 7.49. The van der Waals surface area contributed by atoms with Crippen molar-refractivity contribution in [1.82, 2.24) is 9.55 Å². The van der Waals surface area contributed by atoms with Crippen LogP contribution in [0.4, 0.5) is 0 Å². The van der Waals surface area contributed by atoms with Crippen molar-refractivity contribution in [3.8, 4) is 0 Å². The second-order valence-corrected chi connectivity index (χ2v) is 8.44. The third-order valence-electron chi connectivity index (χ3n) is 3.92. The molecule has 0 unspecified atom stereocenters. The molecule has 1 aliphatic heterocycles. The minimum atomic E-state index is -1.10. The van der Waals surface area contributed by atoms with Crippen LogP contribution in [0.5, 0.6) is 0 Å². The zero-order chi connectivity index (χ0) is 17.3. The van der Waals surface area contributed by atoms with Gasteiger partial charge in [0.15, 0.2) is 0 Å². The van der Waals surface area contributed by atoms with Crippen LogP contribution in [-0.4, -0.2) is 53.5 Å². The number of nitrogens with zero attached hydrogens (tertiary/aromatic N) is 1. The summed E-state index contributed by atoms with van der Waals surface area (Å²) >= 11 is -0.367. The fraction of sp³-hybridized carbons (Fsp3) is 0.375. The normalized spacial score (nSPS) is 26.6. The number of hydrogen-bond donors (Lipinski definition) is 3. The number of aliphatic hydroxyl groups is 2. The van der Waals surface area contributed by atoms with Gasteiger partial charge < -0.3 is 0 Å². The molecule has 1 aromatic carbocycles. The van der Waals surface area contributed by atoms with Gasteiger partial charge in [-0.1, -0.05) is 0 Å². The Hall–Kier alpha value is -1.70. The number of ether oxygens (including phenoxy) is 1. The molecule has 0 amide bonds. The molecule has 128 valence electrons. The molecule has 2 heterocycles. The number of aromatic nitrogens is 2. The van der Waals surface area contributed by atoms with Crippen molar-refractivity contribution in [2.75, 3.05) is 6.61 Å². The summed E-state index contributed by atoms with van der Waals surface area (Å²) in [5.41, 5.74) is -0.659. The fourth-order valence-corrected chi connectivity index (χ4v) is 5.45.